The molecule has 6 nitrogen and oxygen atoms in total. The number of non-ortho nitro benzene ring substituents is 1. The van der Waals surface area contributed by atoms with E-state index in [9.17, 15) is 14.9 Å². The Labute approximate surface area is 139 Å². The number of nitro groups is 1. The van der Waals surface area contributed by atoms with E-state index in [2.05, 4.69) is 5.32 Å². The summed E-state index contributed by atoms with van der Waals surface area (Å²) in [5.41, 5.74) is 1.22. The van der Waals surface area contributed by atoms with E-state index in [1.165, 1.54) is 18.2 Å². The first-order chi connectivity index (χ1) is 11.6. The molecule has 2 aromatic carbocycles. The first-order valence-electron chi connectivity index (χ1n) is 7.78. The number of hydrogen-bond acceptors (Lipinski definition) is 4. The highest BCUT2D eigenvalue weighted by Crippen LogP contribution is 2.41. The maximum atomic E-state index is 12.5. The number of hydrogen-bond donors (Lipinski definition) is 1. The van der Waals surface area contributed by atoms with Crippen molar-refractivity contribution in [3.05, 3.63) is 69.8 Å². The van der Waals surface area contributed by atoms with Gasteiger partial charge < -0.3 is 10.1 Å². The molecule has 1 aliphatic carbocycles. The SMILES string of the molecule is COc1ccc(C(NC(=O)c2cccc([N+](=O)[O-])c2)C2CC2)cc1. The second kappa shape index (κ2) is 6.70. The highest BCUT2D eigenvalue weighted by Gasteiger charge is 2.33. The predicted molar refractivity (Wildman–Crippen MR) is 89.0 cm³/mol. The molecule has 0 spiro atoms. The lowest BCUT2D eigenvalue weighted by Gasteiger charge is -2.19. The van der Waals surface area contributed by atoms with Crippen LogP contribution >= 0.6 is 0 Å². The number of ether oxygens (including phenoxy) is 1. The topological polar surface area (TPSA) is 81.5 Å². The van der Waals surface area contributed by atoms with Gasteiger partial charge in [0, 0.05) is 17.7 Å². The van der Waals surface area contributed by atoms with Crippen LogP contribution in [0, 0.1) is 16.0 Å². The minimum absolute atomic E-state index is 0.0879. The van der Waals surface area contributed by atoms with Crippen molar-refractivity contribution in [2.24, 2.45) is 5.92 Å². The minimum Gasteiger partial charge on any atom is -0.497 e. The van der Waals surface area contributed by atoms with Gasteiger partial charge in [-0.25, -0.2) is 0 Å². The first kappa shape index (κ1) is 16.0. The second-order valence-corrected chi connectivity index (χ2v) is 5.87. The summed E-state index contributed by atoms with van der Waals surface area (Å²) in [7, 11) is 1.61. The molecular formula is C18H18N2O4. The van der Waals surface area contributed by atoms with Crippen LogP contribution in [0.5, 0.6) is 5.75 Å². The Morgan fingerprint density at radius 1 is 1.25 bits per heavy atom. The van der Waals surface area contributed by atoms with E-state index in [1.807, 2.05) is 24.3 Å². The standard InChI is InChI=1S/C18H18N2O4/c1-24-16-9-7-13(8-10-16)17(12-5-6-12)19-18(21)14-3-2-4-15(11-14)20(22)23/h2-4,7-12,17H,5-6H2,1H3,(H,19,21). The van der Waals surface area contributed by atoms with Gasteiger partial charge in [0.2, 0.25) is 0 Å². The Morgan fingerprint density at radius 3 is 2.54 bits per heavy atom. The second-order valence-electron chi connectivity index (χ2n) is 5.87. The van der Waals surface area contributed by atoms with E-state index in [0.717, 1.165) is 24.2 Å². The maximum absolute atomic E-state index is 12.5. The molecule has 1 fully saturated rings. The van der Waals surface area contributed by atoms with Gasteiger partial charge in [-0.05, 0) is 42.5 Å². The Bertz CT molecular complexity index is 754. The molecule has 2 aromatic rings. The smallest absolute Gasteiger partial charge is 0.270 e. The number of amides is 1. The first-order valence-corrected chi connectivity index (χ1v) is 7.78. The summed E-state index contributed by atoms with van der Waals surface area (Å²) in [6, 6.07) is 13.3. The van der Waals surface area contributed by atoms with Crippen molar-refractivity contribution in [1.82, 2.24) is 5.32 Å². The zero-order chi connectivity index (χ0) is 17.1. The van der Waals surface area contributed by atoms with Gasteiger partial charge in [0.1, 0.15) is 5.75 Å². The fraction of sp³-hybridized carbons (Fsp3) is 0.278. The van der Waals surface area contributed by atoms with Crippen LogP contribution in [-0.2, 0) is 0 Å². The number of rotatable bonds is 6. The van der Waals surface area contributed by atoms with Gasteiger partial charge in [0.05, 0.1) is 18.1 Å². The monoisotopic (exact) mass is 326 g/mol. The van der Waals surface area contributed by atoms with Gasteiger partial charge in [-0.1, -0.05) is 18.2 Å². The van der Waals surface area contributed by atoms with Gasteiger partial charge in [0.15, 0.2) is 0 Å². The van der Waals surface area contributed by atoms with Gasteiger partial charge in [-0.15, -0.1) is 0 Å². The highest BCUT2D eigenvalue weighted by atomic mass is 16.6. The van der Waals surface area contributed by atoms with E-state index in [1.54, 1.807) is 13.2 Å². The van der Waals surface area contributed by atoms with Crippen LogP contribution < -0.4 is 10.1 Å². The van der Waals surface area contributed by atoms with Crippen LogP contribution in [0.3, 0.4) is 0 Å². The summed E-state index contributed by atoms with van der Waals surface area (Å²) >= 11 is 0. The molecule has 0 heterocycles. The summed E-state index contributed by atoms with van der Waals surface area (Å²) < 4.78 is 5.16. The van der Waals surface area contributed by atoms with E-state index >= 15 is 0 Å². The van der Waals surface area contributed by atoms with Crippen molar-refractivity contribution in [2.45, 2.75) is 18.9 Å². The van der Waals surface area contributed by atoms with Crippen molar-refractivity contribution in [3.8, 4) is 5.75 Å². The van der Waals surface area contributed by atoms with Crippen molar-refractivity contribution in [3.63, 3.8) is 0 Å². The molecule has 1 atom stereocenters. The van der Waals surface area contributed by atoms with Crippen LogP contribution in [0.15, 0.2) is 48.5 Å². The Morgan fingerprint density at radius 2 is 1.96 bits per heavy atom. The molecule has 124 valence electrons. The van der Waals surface area contributed by atoms with Crippen molar-refractivity contribution < 1.29 is 14.5 Å². The number of benzene rings is 2. The molecule has 0 aliphatic heterocycles. The van der Waals surface area contributed by atoms with Crippen molar-refractivity contribution in [2.75, 3.05) is 7.11 Å². The van der Waals surface area contributed by atoms with Gasteiger partial charge in [-0.3, -0.25) is 14.9 Å². The molecule has 3 rings (SSSR count). The Kier molecular flexibility index (Phi) is 4.46. The molecule has 1 amide bonds. The molecule has 24 heavy (non-hydrogen) atoms. The summed E-state index contributed by atoms with van der Waals surface area (Å²) in [5.74, 6) is 0.866. The summed E-state index contributed by atoms with van der Waals surface area (Å²) in [4.78, 5) is 22.9. The van der Waals surface area contributed by atoms with Crippen molar-refractivity contribution in [1.29, 1.82) is 0 Å². The lowest BCUT2D eigenvalue weighted by molar-refractivity contribution is -0.384. The number of methoxy groups -OCH3 is 1. The Balaban J connectivity index is 1.79. The average Bonchev–Trinajstić information content (AvgIpc) is 3.44. The van der Waals surface area contributed by atoms with Gasteiger partial charge >= 0.3 is 0 Å². The third kappa shape index (κ3) is 3.53. The fourth-order valence-electron chi connectivity index (χ4n) is 2.70. The van der Waals surface area contributed by atoms with Gasteiger partial charge in [-0.2, -0.15) is 0 Å². The molecule has 0 aromatic heterocycles. The van der Waals surface area contributed by atoms with E-state index in [0.29, 0.717) is 11.5 Å². The molecule has 6 heteroatoms. The summed E-state index contributed by atoms with van der Waals surface area (Å²) in [6.45, 7) is 0. The molecule has 0 bridgehead atoms. The molecular weight excluding hydrogens is 308 g/mol. The van der Waals surface area contributed by atoms with E-state index < -0.39 is 4.92 Å². The normalized spacial score (nSPS) is 14.7. The summed E-state index contributed by atoms with van der Waals surface area (Å²) in [5, 5.41) is 13.9. The lowest BCUT2D eigenvalue weighted by atomic mass is 10.0. The Hall–Kier alpha value is -2.89. The summed E-state index contributed by atoms with van der Waals surface area (Å²) in [6.07, 6.45) is 2.12. The van der Waals surface area contributed by atoms with Crippen molar-refractivity contribution >= 4 is 11.6 Å². The maximum Gasteiger partial charge on any atom is 0.270 e. The zero-order valence-corrected chi connectivity index (χ0v) is 13.3. The number of carbonyl (C=O) groups is 1. The third-order valence-corrected chi connectivity index (χ3v) is 4.17. The van der Waals surface area contributed by atoms with Crippen LogP contribution in [0.4, 0.5) is 5.69 Å². The number of carbonyl (C=O) groups excluding carboxylic acids is 1. The molecule has 1 N–H and O–H groups in total. The quantitative estimate of drug-likeness (QED) is 0.651. The highest BCUT2D eigenvalue weighted by molar-refractivity contribution is 5.95. The fourth-order valence-corrected chi connectivity index (χ4v) is 2.70. The minimum atomic E-state index is -0.501. The number of nitro benzene ring substituents is 1. The molecule has 1 saturated carbocycles. The zero-order valence-electron chi connectivity index (χ0n) is 13.3. The molecule has 1 unspecified atom stereocenters. The third-order valence-electron chi connectivity index (χ3n) is 4.17. The van der Waals surface area contributed by atoms with Crippen LogP contribution in [0.2, 0.25) is 0 Å². The van der Waals surface area contributed by atoms with E-state index in [-0.39, 0.29) is 17.6 Å². The number of nitrogens with zero attached hydrogens (tertiary/aromatic N) is 1. The average molecular weight is 326 g/mol. The van der Waals surface area contributed by atoms with Crippen LogP contribution in [0.25, 0.3) is 0 Å². The molecule has 0 radical (unpaired) electrons. The number of nitrogens with one attached hydrogen (secondary N) is 1. The van der Waals surface area contributed by atoms with E-state index in [4.69, 9.17) is 4.74 Å². The van der Waals surface area contributed by atoms with Gasteiger partial charge in [0.25, 0.3) is 11.6 Å². The van der Waals surface area contributed by atoms with Crippen LogP contribution in [0.1, 0.15) is 34.8 Å². The molecule has 1 aliphatic rings. The predicted octanol–water partition coefficient (Wildman–Crippen LogP) is 3.48. The lowest BCUT2D eigenvalue weighted by Crippen LogP contribution is -2.29. The molecule has 0 saturated heterocycles. The van der Waals surface area contributed by atoms with Crippen LogP contribution in [-0.4, -0.2) is 17.9 Å². The largest absolute Gasteiger partial charge is 0.497 e.